The van der Waals surface area contributed by atoms with Crippen LogP contribution in [0.4, 0.5) is 0 Å². The lowest BCUT2D eigenvalue weighted by Crippen LogP contribution is -2.43. The van der Waals surface area contributed by atoms with Gasteiger partial charge in [0.25, 0.3) is 0 Å². The Bertz CT molecular complexity index is 390. The number of rotatable bonds is 4. The number of fused-ring (bicyclic) bond motifs is 1. The van der Waals surface area contributed by atoms with Crippen molar-refractivity contribution in [2.75, 3.05) is 6.61 Å². The maximum absolute atomic E-state index is 8.96. The summed E-state index contributed by atoms with van der Waals surface area (Å²) in [6.07, 6.45) is 0.759. The summed E-state index contributed by atoms with van der Waals surface area (Å²) < 4.78 is 5.96. The van der Waals surface area contributed by atoms with Crippen molar-refractivity contribution in [2.24, 2.45) is 0 Å². The molecule has 0 fully saturated rings. The smallest absolute Gasteiger partial charge is 0.125 e. The molecule has 2 N–H and O–H groups in total. The van der Waals surface area contributed by atoms with E-state index in [0.717, 1.165) is 12.2 Å². The third kappa shape index (κ3) is 2.45. The standard InChI is InChI=1S/C14H21NO2/c1-10(8-9-16)15-13-11-6-4-5-7-12(11)17-14(13,2)3/h4-7,10,13,15-16H,8-9H2,1-3H3. The predicted molar refractivity (Wildman–Crippen MR) is 68.2 cm³/mol. The van der Waals surface area contributed by atoms with Crippen molar-refractivity contribution >= 4 is 0 Å². The van der Waals surface area contributed by atoms with E-state index < -0.39 is 0 Å². The molecular weight excluding hydrogens is 214 g/mol. The van der Waals surface area contributed by atoms with Crippen LogP contribution in [0.5, 0.6) is 5.75 Å². The maximum atomic E-state index is 8.96. The number of hydrogen-bond acceptors (Lipinski definition) is 3. The van der Waals surface area contributed by atoms with Crippen LogP contribution in [-0.2, 0) is 0 Å². The third-order valence-corrected chi connectivity index (χ3v) is 3.31. The molecule has 1 aliphatic heterocycles. The molecule has 0 spiro atoms. The molecule has 1 heterocycles. The quantitative estimate of drug-likeness (QED) is 0.841. The molecule has 94 valence electrons. The van der Waals surface area contributed by atoms with Gasteiger partial charge in [-0.3, -0.25) is 0 Å². The van der Waals surface area contributed by atoms with Crippen LogP contribution in [0.1, 0.15) is 38.8 Å². The van der Waals surface area contributed by atoms with E-state index in [1.165, 1.54) is 5.56 Å². The Hall–Kier alpha value is -1.06. The van der Waals surface area contributed by atoms with E-state index in [4.69, 9.17) is 9.84 Å². The zero-order chi connectivity index (χ0) is 12.5. The Kier molecular flexibility index (Phi) is 3.40. The van der Waals surface area contributed by atoms with Crippen LogP contribution in [0.3, 0.4) is 0 Å². The van der Waals surface area contributed by atoms with Crippen molar-refractivity contribution in [3.05, 3.63) is 29.8 Å². The molecule has 17 heavy (non-hydrogen) atoms. The highest BCUT2D eigenvalue weighted by molar-refractivity contribution is 5.42. The zero-order valence-corrected chi connectivity index (χ0v) is 10.7. The number of hydrogen-bond donors (Lipinski definition) is 2. The summed E-state index contributed by atoms with van der Waals surface area (Å²) >= 11 is 0. The van der Waals surface area contributed by atoms with Crippen LogP contribution < -0.4 is 10.1 Å². The first kappa shape index (κ1) is 12.4. The average molecular weight is 235 g/mol. The normalized spacial score (nSPS) is 22.9. The second kappa shape index (κ2) is 4.67. The molecule has 3 nitrogen and oxygen atoms in total. The van der Waals surface area contributed by atoms with E-state index in [-0.39, 0.29) is 24.3 Å². The molecule has 0 aliphatic carbocycles. The number of para-hydroxylation sites is 1. The minimum Gasteiger partial charge on any atom is -0.486 e. The Balaban J connectivity index is 2.19. The summed E-state index contributed by atoms with van der Waals surface area (Å²) in [5.74, 6) is 0.964. The van der Waals surface area contributed by atoms with Crippen molar-refractivity contribution in [2.45, 2.75) is 44.9 Å². The maximum Gasteiger partial charge on any atom is 0.125 e. The van der Waals surface area contributed by atoms with Gasteiger partial charge in [0, 0.05) is 18.2 Å². The largest absolute Gasteiger partial charge is 0.486 e. The van der Waals surface area contributed by atoms with E-state index in [2.05, 4.69) is 32.2 Å². The molecule has 3 heteroatoms. The molecule has 0 saturated heterocycles. The highest BCUT2D eigenvalue weighted by atomic mass is 16.5. The molecule has 1 aliphatic rings. The number of nitrogens with one attached hydrogen (secondary N) is 1. The fourth-order valence-electron chi connectivity index (χ4n) is 2.38. The molecule has 2 rings (SSSR count). The van der Waals surface area contributed by atoms with Crippen LogP contribution >= 0.6 is 0 Å². The van der Waals surface area contributed by atoms with Crippen LogP contribution in [0, 0.1) is 0 Å². The van der Waals surface area contributed by atoms with Gasteiger partial charge in [-0.1, -0.05) is 18.2 Å². The molecule has 0 aromatic heterocycles. The van der Waals surface area contributed by atoms with Crippen molar-refractivity contribution in [1.29, 1.82) is 0 Å². The van der Waals surface area contributed by atoms with Gasteiger partial charge in [-0.15, -0.1) is 0 Å². The van der Waals surface area contributed by atoms with Gasteiger partial charge in [0.05, 0.1) is 6.04 Å². The van der Waals surface area contributed by atoms with Gasteiger partial charge < -0.3 is 15.2 Å². The van der Waals surface area contributed by atoms with Crippen molar-refractivity contribution in [3.8, 4) is 5.75 Å². The lowest BCUT2D eigenvalue weighted by atomic mass is 9.93. The first-order chi connectivity index (χ1) is 8.04. The average Bonchev–Trinajstić information content (AvgIpc) is 2.51. The zero-order valence-electron chi connectivity index (χ0n) is 10.7. The lowest BCUT2D eigenvalue weighted by Gasteiger charge is -2.29. The SMILES string of the molecule is CC(CCO)NC1c2ccccc2OC1(C)C. The van der Waals surface area contributed by atoms with Crippen molar-refractivity contribution in [1.82, 2.24) is 5.32 Å². The molecule has 0 amide bonds. The van der Waals surface area contributed by atoms with Gasteiger partial charge in [-0.2, -0.15) is 0 Å². The summed E-state index contributed by atoms with van der Waals surface area (Å²) in [4.78, 5) is 0. The highest BCUT2D eigenvalue weighted by Gasteiger charge is 2.41. The summed E-state index contributed by atoms with van der Waals surface area (Å²) in [7, 11) is 0. The highest BCUT2D eigenvalue weighted by Crippen LogP contribution is 2.42. The van der Waals surface area contributed by atoms with Gasteiger partial charge in [0.2, 0.25) is 0 Å². The molecule has 0 bridgehead atoms. The van der Waals surface area contributed by atoms with Gasteiger partial charge in [0.15, 0.2) is 0 Å². The van der Waals surface area contributed by atoms with E-state index in [9.17, 15) is 0 Å². The first-order valence-electron chi connectivity index (χ1n) is 6.19. The second-order valence-corrected chi connectivity index (χ2v) is 5.26. The van der Waals surface area contributed by atoms with Gasteiger partial charge in [0.1, 0.15) is 11.4 Å². The topological polar surface area (TPSA) is 41.5 Å². The van der Waals surface area contributed by atoms with Crippen LogP contribution in [0.2, 0.25) is 0 Å². The number of benzene rings is 1. The van der Waals surface area contributed by atoms with Crippen molar-refractivity contribution in [3.63, 3.8) is 0 Å². The summed E-state index contributed by atoms with van der Waals surface area (Å²) in [5.41, 5.74) is 0.968. The molecule has 2 unspecified atom stereocenters. The number of ether oxygens (including phenoxy) is 1. The Morgan fingerprint density at radius 3 is 2.82 bits per heavy atom. The predicted octanol–water partition coefficient (Wildman–Crippen LogP) is 2.26. The van der Waals surface area contributed by atoms with Crippen LogP contribution in [0.15, 0.2) is 24.3 Å². The Labute approximate surface area is 103 Å². The fourth-order valence-corrected chi connectivity index (χ4v) is 2.38. The van der Waals surface area contributed by atoms with E-state index in [1.54, 1.807) is 0 Å². The van der Waals surface area contributed by atoms with E-state index in [1.807, 2.05) is 18.2 Å². The minimum absolute atomic E-state index is 0.181. The van der Waals surface area contributed by atoms with Crippen LogP contribution in [0.25, 0.3) is 0 Å². The van der Waals surface area contributed by atoms with Gasteiger partial charge >= 0.3 is 0 Å². The van der Waals surface area contributed by atoms with E-state index in [0.29, 0.717) is 0 Å². The van der Waals surface area contributed by atoms with Gasteiger partial charge in [-0.25, -0.2) is 0 Å². The minimum atomic E-state index is -0.243. The van der Waals surface area contributed by atoms with Crippen LogP contribution in [-0.4, -0.2) is 23.4 Å². The van der Waals surface area contributed by atoms with E-state index >= 15 is 0 Å². The number of aliphatic hydroxyl groups is 1. The first-order valence-corrected chi connectivity index (χ1v) is 6.19. The molecule has 2 atom stereocenters. The lowest BCUT2D eigenvalue weighted by molar-refractivity contribution is 0.0897. The fraction of sp³-hybridized carbons (Fsp3) is 0.571. The third-order valence-electron chi connectivity index (χ3n) is 3.31. The Morgan fingerprint density at radius 2 is 2.12 bits per heavy atom. The number of aliphatic hydroxyl groups excluding tert-OH is 1. The molecule has 1 aromatic carbocycles. The van der Waals surface area contributed by atoms with Crippen molar-refractivity contribution < 1.29 is 9.84 Å². The Morgan fingerprint density at radius 1 is 1.41 bits per heavy atom. The molecule has 0 radical (unpaired) electrons. The van der Waals surface area contributed by atoms with Gasteiger partial charge in [-0.05, 0) is 33.3 Å². The molecule has 1 aromatic rings. The summed E-state index contributed by atoms with van der Waals surface area (Å²) in [6.45, 7) is 6.49. The second-order valence-electron chi connectivity index (χ2n) is 5.26. The summed E-state index contributed by atoms with van der Waals surface area (Å²) in [6, 6.07) is 8.60. The molecular formula is C14H21NO2. The monoisotopic (exact) mass is 235 g/mol. The summed E-state index contributed by atoms with van der Waals surface area (Å²) in [5, 5.41) is 12.5. The molecule has 0 saturated carbocycles.